The number of carbonyl (C=O) groups is 3. The van der Waals surface area contributed by atoms with E-state index in [2.05, 4.69) is 15.6 Å². The highest BCUT2D eigenvalue weighted by atomic mass is 16.5. The average molecular weight is 527 g/mol. The third kappa shape index (κ3) is 8.93. The van der Waals surface area contributed by atoms with Crippen LogP contribution in [-0.2, 0) is 25.7 Å². The van der Waals surface area contributed by atoms with Crippen LogP contribution in [0.4, 0.5) is 0 Å². The Balaban J connectivity index is 1.64. The maximum Gasteiger partial charge on any atom is 0.319 e. The predicted octanol–water partition coefficient (Wildman–Crippen LogP) is 2.41. The number of nitrogen functional groups attached to an aromatic ring is 1. The molecule has 0 spiro atoms. The number of nitrogens with two attached hydrogens (primary N) is 1. The normalized spacial score (nSPS) is 18.6. The van der Waals surface area contributed by atoms with Crippen LogP contribution in [-0.4, -0.2) is 65.3 Å². The van der Waals surface area contributed by atoms with E-state index in [9.17, 15) is 14.4 Å². The van der Waals surface area contributed by atoms with E-state index in [1.165, 1.54) is 6.42 Å². The lowest BCUT2D eigenvalue weighted by Crippen LogP contribution is -2.56. The van der Waals surface area contributed by atoms with Crippen LogP contribution in [0.2, 0.25) is 0 Å². The van der Waals surface area contributed by atoms with Crippen LogP contribution in [0.3, 0.4) is 0 Å². The third-order valence-electron chi connectivity index (χ3n) is 7.20. The van der Waals surface area contributed by atoms with Crippen molar-refractivity contribution >= 4 is 23.6 Å². The predicted molar refractivity (Wildman–Crippen MR) is 145 cm³/mol. The zero-order chi connectivity index (χ0) is 27.3. The summed E-state index contributed by atoms with van der Waals surface area (Å²) in [5.41, 5.74) is 6.60. The Morgan fingerprint density at radius 3 is 2.68 bits per heavy atom. The van der Waals surface area contributed by atoms with Crippen molar-refractivity contribution in [2.75, 3.05) is 19.7 Å². The fourth-order valence-electron chi connectivity index (χ4n) is 4.97. The minimum atomic E-state index is -0.635. The fourth-order valence-corrected chi connectivity index (χ4v) is 4.97. The van der Waals surface area contributed by atoms with Gasteiger partial charge in [-0.1, -0.05) is 63.7 Å². The Hall–Kier alpha value is -3.27. The van der Waals surface area contributed by atoms with E-state index in [4.69, 9.17) is 15.9 Å². The Labute approximate surface area is 225 Å². The van der Waals surface area contributed by atoms with Crippen LogP contribution in [0.15, 0.2) is 30.5 Å². The summed E-state index contributed by atoms with van der Waals surface area (Å²) in [5, 5.41) is 13.5. The highest BCUT2D eigenvalue weighted by Gasteiger charge is 2.35. The number of esters is 1. The van der Waals surface area contributed by atoms with Gasteiger partial charge in [0.25, 0.3) is 0 Å². The van der Waals surface area contributed by atoms with Crippen LogP contribution < -0.4 is 16.4 Å². The largest absolute Gasteiger partial charge is 0.465 e. The average Bonchev–Trinajstić information content (AvgIpc) is 2.94. The molecule has 2 amide bonds. The van der Waals surface area contributed by atoms with Crippen molar-refractivity contribution in [2.24, 2.45) is 11.7 Å². The molecule has 2 unspecified atom stereocenters. The SMILES string of the molecule is CCCCOC(=O)CNC(CC1CCCCC1)C(=O)N1CC=CCC1C(=O)NCc1ccc(C(=N)N)nc1. The first kappa shape index (κ1) is 29.3. The van der Waals surface area contributed by atoms with Crippen molar-refractivity contribution in [3.05, 3.63) is 41.7 Å². The third-order valence-corrected chi connectivity index (χ3v) is 7.20. The smallest absolute Gasteiger partial charge is 0.319 e. The summed E-state index contributed by atoms with van der Waals surface area (Å²) in [6.07, 6.45) is 13.9. The van der Waals surface area contributed by atoms with Crippen LogP contribution in [0.5, 0.6) is 0 Å². The highest BCUT2D eigenvalue weighted by molar-refractivity contribution is 5.93. The summed E-state index contributed by atoms with van der Waals surface area (Å²) in [6.45, 7) is 2.97. The maximum absolute atomic E-state index is 13.8. The van der Waals surface area contributed by atoms with Crippen LogP contribution >= 0.6 is 0 Å². The molecule has 2 aliphatic rings. The molecule has 2 atom stereocenters. The molecule has 0 saturated heterocycles. The van der Waals surface area contributed by atoms with Crippen LogP contribution in [0.1, 0.15) is 76.0 Å². The molecule has 10 nitrogen and oxygen atoms in total. The molecule has 1 fully saturated rings. The van der Waals surface area contributed by atoms with Gasteiger partial charge < -0.3 is 20.7 Å². The molecular formula is C28H42N6O4. The molecule has 2 heterocycles. The second kappa shape index (κ2) is 15.2. The van der Waals surface area contributed by atoms with Gasteiger partial charge in [0.2, 0.25) is 11.8 Å². The molecule has 1 aromatic rings. The molecule has 10 heteroatoms. The summed E-state index contributed by atoms with van der Waals surface area (Å²) in [4.78, 5) is 45.0. The van der Waals surface area contributed by atoms with Crippen LogP contribution in [0, 0.1) is 11.3 Å². The molecule has 0 bridgehead atoms. The Morgan fingerprint density at radius 2 is 2.00 bits per heavy atom. The van der Waals surface area contributed by atoms with Crippen molar-refractivity contribution in [3.8, 4) is 0 Å². The van der Waals surface area contributed by atoms with Gasteiger partial charge in [0.05, 0.1) is 19.2 Å². The molecule has 1 aliphatic heterocycles. The van der Waals surface area contributed by atoms with E-state index >= 15 is 0 Å². The zero-order valence-electron chi connectivity index (χ0n) is 22.4. The number of ether oxygens (including phenoxy) is 1. The van der Waals surface area contributed by atoms with Crippen molar-refractivity contribution in [2.45, 2.75) is 83.3 Å². The lowest BCUT2D eigenvalue weighted by molar-refractivity contribution is -0.145. The number of rotatable bonds is 13. The topological polar surface area (TPSA) is 150 Å². The summed E-state index contributed by atoms with van der Waals surface area (Å²) in [7, 11) is 0. The lowest BCUT2D eigenvalue weighted by Gasteiger charge is -2.36. The molecule has 208 valence electrons. The van der Waals surface area contributed by atoms with Crippen LogP contribution in [0.25, 0.3) is 0 Å². The van der Waals surface area contributed by atoms with Gasteiger partial charge in [0.1, 0.15) is 17.6 Å². The van der Waals surface area contributed by atoms with E-state index in [-0.39, 0.29) is 36.7 Å². The minimum absolute atomic E-state index is 0.0311. The molecule has 3 rings (SSSR count). The van der Waals surface area contributed by atoms with Gasteiger partial charge >= 0.3 is 5.97 Å². The molecule has 0 aromatic carbocycles. The monoisotopic (exact) mass is 526 g/mol. The standard InChI is InChI=1S/C28H42N6O4/c1-2-3-15-38-25(35)19-32-23(16-20-9-5-4-6-10-20)28(37)34-14-8-7-11-24(34)27(36)33-18-21-12-13-22(26(29)30)31-17-21/h7-8,12-13,17,20,23-24,32H,2-6,9-11,14-16,18-19H2,1H3,(H3,29,30)(H,33,36). The number of carbonyl (C=O) groups excluding carboxylic acids is 3. The quantitative estimate of drug-likeness (QED) is 0.101. The van der Waals surface area contributed by atoms with E-state index < -0.39 is 12.1 Å². The Bertz CT molecular complexity index is 974. The number of nitrogens with zero attached hydrogens (tertiary/aromatic N) is 2. The van der Waals surface area contributed by atoms with Gasteiger partial charge in [-0.15, -0.1) is 0 Å². The summed E-state index contributed by atoms with van der Waals surface area (Å²) < 4.78 is 5.28. The van der Waals surface area contributed by atoms with E-state index in [1.54, 1.807) is 23.2 Å². The number of pyridine rings is 1. The van der Waals surface area contributed by atoms with Gasteiger partial charge in [0.15, 0.2) is 0 Å². The first-order valence-electron chi connectivity index (χ1n) is 13.8. The minimum Gasteiger partial charge on any atom is -0.465 e. The number of hydrogen-bond donors (Lipinski definition) is 4. The van der Waals surface area contributed by atoms with Gasteiger partial charge in [-0.2, -0.15) is 0 Å². The van der Waals surface area contributed by atoms with Crippen molar-refractivity contribution in [1.29, 1.82) is 5.41 Å². The van der Waals surface area contributed by atoms with Gasteiger partial charge in [-0.25, -0.2) is 0 Å². The Kier molecular flexibility index (Phi) is 11.7. The van der Waals surface area contributed by atoms with E-state index in [0.29, 0.717) is 37.6 Å². The van der Waals surface area contributed by atoms with Gasteiger partial charge in [0, 0.05) is 19.3 Å². The summed E-state index contributed by atoms with van der Waals surface area (Å²) in [6, 6.07) is 2.21. The van der Waals surface area contributed by atoms with Crippen molar-refractivity contribution in [1.82, 2.24) is 20.5 Å². The molecule has 1 saturated carbocycles. The first-order valence-corrected chi connectivity index (χ1v) is 13.8. The first-order chi connectivity index (χ1) is 18.4. The van der Waals surface area contributed by atoms with Crippen molar-refractivity contribution < 1.29 is 19.1 Å². The van der Waals surface area contributed by atoms with E-state index in [1.807, 2.05) is 19.1 Å². The number of unbranched alkanes of at least 4 members (excludes halogenated alkanes) is 1. The number of aromatic nitrogens is 1. The summed E-state index contributed by atoms with van der Waals surface area (Å²) in [5.74, 6) is -0.464. The van der Waals surface area contributed by atoms with E-state index in [0.717, 1.165) is 44.1 Å². The maximum atomic E-state index is 13.8. The molecule has 38 heavy (non-hydrogen) atoms. The second-order valence-corrected chi connectivity index (χ2v) is 10.1. The van der Waals surface area contributed by atoms with Gasteiger partial charge in [-0.3, -0.25) is 30.1 Å². The van der Waals surface area contributed by atoms with Crippen molar-refractivity contribution in [3.63, 3.8) is 0 Å². The molecule has 1 aliphatic carbocycles. The highest BCUT2D eigenvalue weighted by Crippen LogP contribution is 2.28. The second-order valence-electron chi connectivity index (χ2n) is 10.1. The molecular weight excluding hydrogens is 484 g/mol. The number of hydrogen-bond acceptors (Lipinski definition) is 7. The molecule has 5 N–H and O–H groups in total. The molecule has 0 radical (unpaired) electrons. The number of nitrogens with one attached hydrogen (secondary N) is 3. The number of amides is 2. The zero-order valence-corrected chi connectivity index (χ0v) is 22.4. The fraction of sp³-hybridized carbons (Fsp3) is 0.607. The Morgan fingerprint density at radius 1 is 1.21 bits per heavy atom. The molecule has 1 aromatic heterocycles. The lowest BCUT2D eigenvalue weighted by atomic mass is 9.84. The summed E-state index contributed by atoms with van der Waals surface area (Å²) >= 11 is 0. The van der Waals surface area contributed by atoms with Gasteiger partial charge in [-0.05, 0) is 36.8 Å². The number of amidine groups is 1.